The number of aryl methyl sites for hydroxylation is 3. The van der Waals surface area contributed by atoms with E-state index in [1.165, 1.54) is 55.2 Å². The quantitative estimate of drug-likeness (QED) is 0.614. The number of benzene rings is 1. The fourth-order valence-corrected chi connectivity index (χ4v) is 4.87. The van der Waals surface area contributed by atoms with Gasteiger partial charge in [0, 0.05) is 12.3 Å². The monoisotopic (exact) mass is 330 g/mol. The number of quaternary nitrogens is 1. The summed E-state index contributed by atoms with van der Waals surface area (Å²) >= 11 is 0. The van der Waals surface area contributed by atoms with Crippen LogP contribution in [0.3, 0.4) is 0 Å². The summed E-state index contributed by atoms with van der Waals surface area (Å²) in [7, 11) is 2.41. The van der Waals surface area contributed by atoms with Gasteiger partial charge in [-0.2, -0.15) is 0 Å². The van der Waals surface area contributed by atoms with Gasteiger partial charge >= 0.3 is 5.97 Å². The second-order valence-electron chi connectivity index (χ2n) is 8.24. The summed E-state index contributed by atoms with van der Waals surface area (Å²) in [6, 6.07) is 4.75. The Kier molecular flexibility index (Phi) is 5.00. The summed E-state index contributed by atoms with van der Waals surface area (Å²) in [6.07, 6.45) is 6.44. The minimum absolute atomic E-state index is 0.147. The smallest absolute Gasteiger partial charge is 0.338 e. The van der Waals surface area contributed by atoms with Crippen LogP contribution in [0, 0.1) is 26.7 Å². The van der Waals surface area contributed by atoms with Gasteiger partial charge in [0.2, 0.25) is 0 Å². The van der Waals surface area contributed by atoms with Crippen LogP contribution in [-0.4, -0.2) is 43.2 Å². The van der Waals surface area contributed by atoms with Crippen LogP contribution in [0.1, 0.15) is 59.2 Å². The summed E-state index contributed by atoms with van der Waals surface area (Å²) in [4.78, 5) is 12.6. The third-order valence-electron chi connectivity index (χ3n) is 6.50. The van der Waals surface area contributed by atoms with E-state index in [4.69, 9.17) is 4.74 Å². The van der Waals surface area contributed by atoms with E-state index in [0.29, 0.717) is 18.6 Å². The van der Waals surface area contributed by atoms with Gasteiger partial charge in [-0.25, -0.2) is 4.79 Å². The normalized spacial score (nSPS) is 29.8. The fraction of sp³-hybridized carbons (Fsp3) is 0.667. The van der Waals surface area contributed by atoms with E-state index in [1.54, 1.807) is 0 Å². The van der Waals surface area contributed by atoms with E-state index in [2.05, 4.69) is 27.0 Å². The predicted molar refractivity (Wildman–Crippen MR) is 97.2 cm³/mol. The molecule has 1 aromatic carbocycles. The zero-order valence-corrected chi connectivity index (χ0v) is 15.7. The van der Waals surface area contributed by atoms with Crippen molar-refractivity contribution in [3.05, 3.63) is 34.4 Å². The average Bonchev–Trinajstić information content (AvgIpc) is 2.55. The maximum absolute atomic E-state index is 12.6. The molecule has 3 heteroatoms. The molecule has 0 amide bonds. The molecule has 2 heterocycles. The Labute approximate surface area is 146 Å². The summed E-state index contributed by atoms with van der Waals surface area (Å²) in [6.45, 7) is 9.32. The van der Waals surface area contributed by atoms with Crippen LogP contribution in [0.15, 0.2) is 12.1 Å². The summed E-state index contributed by atoms with van der Waals surface area (Å²) < 4.78 is 6.99. The van der Waals surface area contributed by atoms with E-state index in [-0.39, 0.29) is 5.97 Å². The molecule has 0 spiro atoms. The molecule has 24 heavy (non-hydrogen) atoms. The molecule has 3 nitrogen and oxygen atoms in total. The second-order valence-corrected chi connectivity index (χ2v) is 8.24. The predicted octanol–water partition coefficient (Wildman–Crippen LogP) is 4.18. The maximum Gasteiger partial charge on any atom is 0.338 e. The summed E-state index contributed by atoms with van der Waals surface area (Å²) in [5, 5.41) is 0. The summed E-state index contributed by atoms with van der Waals surface area (Å²) in [5.74, 6) is 0.381. The van der Waals surface area contributed by atoms with Gasteiger partial charge in [0.15, 0.2) is 0 Å². The van der Waals surface area contributed by atoms with E-state index >= 15 is 0 Å². The number of fused-ring (bicyclic) bond motifs is 1. The van der Waals surface area contributed by atoms with Crippen molar-refractivity contribution >= 4 is 5.97 Å². The van der Waals surface area contributed by atoms with Gasteiger partial charge in [0.25, 0.3) is 0 Å². The fourth-order valence-electron chi connectivity index (χ4n) is 4.87. The first-order chi connectivity index (χ1) is 11.4. The number of ether oxygens (including phenoxy) is 1. The number of carbonyl (C=O) groups is 1. The van der Waals surface area contributed by atoms with Gasteiger partial charge in [-0.05, 0) is 69.2 Å². The lowest BCUT2D eigenvalue weighted by Crippen LogP contribution is -2.61. The average molecular weight is 330 g/mol. The molecule has 2 aliphatic heterocycles. The van der Waals surface area contributed by atoms with Crippen molar-refractivity contribution < 1.29 is 14.0 Å². The number of nitrogens with zero attached hydrogens (tertiary/aromatic N) is 1. The van der Waals surface area contributed by atoms with Gasteiger partial charge in [-0.1, -0.05) is 6.07 Å². The highest BCUT2D eigenvalue weighted by atomic mass is 16.5. The topological polar surface area (TPSA) is 26.3 Å². The third-order valence-corrected chi connectivity index (χ3v) is 6.50. The Morgan fingerprint density at radius 2 is 1.75 bits per heavy atom. The van der Waals surface area contributed by atoms with Crippen molar-refractivity contribution in [3.8, 4) is 0 Å². The molecule has 0 aromatic heterocycles. The van der Waals surface area contributed by atoms with Gasteiger partial charge in [-0.15, -0.1) is 0 Å². The number of piperidine rings is 2. The molecule has 3 atom stereocenters. The van der Waals surface area contributed by atoms with Crippen LogP contribution in [0.5, 0.6) is 0 Å². The van der Waals surface area contributed by atoms with E-state index in [1.807, 2.05) is 13.0 Å². The highest BCUT2D eigenvalue weighted by Gasteiger charge is 2.43. The Balaban J connectivity index is 1.67. The van der Waals surface area contributed by atoms with Gasteiger partial charge in [0.1, 0.15) is 6.61 Å². The molecule has 0 radical (unpaired) electrons. The van der Waals surface area contributed by atoms with E-state index in [0.717, 1.165) is 16.7 Å². The van der Waals surface area contributed by atoms with Gasteiger partial charge in [0.05, 0.1) is 31.7 Å². The van der Waals surface area contributed by atoms with Crippen LogP contribution in [0.4, 0.5) is 0 Å². The Hall–Kier alpha value is -1.35. The molecule has 3 rings (SSSR count). The number of hydrogen-bond donors (Lipinski definition) is 0. The molecular weight excluding hydrogens is 298 g/mol. The Morgan fingerprint density at radius 3 is 2.54 bits per heavy atom. The molecule has 0 bridgehead atoms. The molecule has 0 saturated carbocycles. The molecular formula is C21H32NO2+. The molecule has 2 saturated heterocycles. The molecule has 0 N–H and O–H groups in total. The highest BCUT2D eigenvalue weighted by molar-refractivity contribution is 5.91. The molecule has 0 aliphatic carbocycles. The van der Waals surface area contributed by atoms with Crippen LogP contribution in [0.25, 0.3) is 0 Å². The Bertz CT molecular complexity index is 621. The van der Waals surface area contributed by atoms with Crippen LogP contribution >= 0.6 is 0 Å². The minimum Gasteiger partial charge on any atom is -0.462 e. The largest absolute Gasteiger partial charge is 0.462 e. The molecule has 2 aliphatic rings. The van der Waals surface area contributed by atoms with Crippen molar-refractivity contribution in [2.24, 2.45) is 5.92 Å². The van der Waals surface area contributed by atoms with Crippen LogP contribution < -0.4 is 0 Å². The first-order valence-corrected chi connectivity index (χ1v) is 9.50. The number of rotatable bonds is 3. The van der Waals surface area contributed by atoms with Crippen molar-refractivity contribution in [3.63, 3.8) is 0 Å². The number of esters is 1. The number of carbonyl (C=O) groups excluding carboxylic acids is 1. The lowest BCUT2D eigenvalue weighted by molar-refractivity contribution is -0.947. The lowest BCUT2D eigenvalue weighted by Gasteiger charge is -2.51. The highest BCUT2D eigenvalue weighted by Crippen LogP contribution is 2.36. The van der Waals surface area contributed by atoms with Crippen LogP contribution in [0.2, 0.25) is 0 Å². The van der Waals surface area contributed by atoms with Gasteiger partial charge in [-0.3, -0.25) is 0 Å². The minimum atomic E-state index is -0.147. The first kappa shape index (κ1) is 17.5. The number of hydrogen-bond acceptors (Lipinski definition) is 2. The van der Waals surface area contributed by atoms with Crippen LogP contribution in [-0.2, 0) is 4.74 Å². The lowest BCUT2D eigenvalue weighted by atomic mass is 9.82. The SMILES string of the molecule is Cc1cc(C)c(C(=O)OC[C@@H]2CCC[N+]3(C)CCCC[C@@H]23)cc1C. The maximum atomic E-state index is 12.6. The van der Waals surface area contributed by atoms with Crippen molar-refractivity contribution in [2.75, 3.05) is 26.7 Å². The molecule has 2 fully saturated rings. The summed E-state index contributed by atoms with van der Waals surface area (Å²) in [5.41, 5.74) is 4.13. The van der Waals surface area contributed by atoms with Crippen molar-refractivity contribution in [1.29, 1.82) is 0 Å². The zero-order valence-electron chi connectivity index (χ0n) is 15.7. The molecule has 1 unspecified atom stereocenters. The second kappa shape index (κ2) is 6.87. The van der Waals surface area contributed by atoms with E-state index in [9.17, 15) is 4.79 Å². The third kappa shape index (κ3) is 3.37. The van der Waals surface area contributed by atoms with Gasteiger partial charge < -0.3 is 9.22 Å². The molecule has 1 aromatic rings. The first-order valence-electron chi connectivity index (χ1n) is 9.50. The standard InChI is InChI=1S/C21H32NO2/c1-15-12-17(3)19(13-16(15)2)21(23)24-14-18-8-7-11-22(4)10-6-5-9-20(18)22/h12-13,18,20H,5-11,14H2,1-4H3/q+1/t18-,20-,22?/m0/s1. The van der Waals surface area contributed by atoms with E-state index < -0.39 is 0 Å². The van der Waals surface area contributed by atoms with Crippen molar-refractivity contribution in [1.82, 2.24) is 0 Å². The van der Waals surface area contributed by atoms with Crippen molar-refractivity contribution in [2.45, 2.75) is 58.9 Å². The Morgan fingerprint density at radius 1 is 1.04 bits per heavy atom. The zero-order chi connectivity index (χ0) is 17.3. The molecule has 132 valence electrons.